The van der Waals surface area contributed by atoms with Gasteiger partial charge >= 0.3 is 0 Å². The van der Waals surface area contributed by atoms with E-state index in [1.807, 2.05) is 73.0 Å². The summed E-state index contributed by atoms with van der Waals surface area (Å²) in [5.74, 6) is 1.38. The Bertz CT molecular complexity index is 1160. The Morgan fingerprint density at radius 3 is 2.40 bits per heavy atom. The first-order valence-electron chi connectivity index (χ1n) is 9.54. The fourth-order valence-electron chi connectivity index (χ4n) is 2.98. The first kappa shape index (κ1) is 19.7. The second kappa shape index (κ2) is 8.84. The normalized spacial score (nSPS) is 10.6. The molecule has 0 aliphatic carbocycles. The highest BCUT2D eigenvalue weighted by Crippen LogP contribution is 2.28. The molecule has 0 spiro atoms. The molecule has 2 heterocycles. The molecule has 6 nitrogen and oxygen atoms in total. The van der Waals surface area contributed by atoms with Crippen LogP contribution in [0.15, 0.2) is 66.0 Å². The highest BCUT2D eigenvalue weighted by Gasteiger charge is 2.09. The summed E-state index contributed by atoms with van der Waals surface area (Å²) in [6.07, 6.45) is 0. The van der Waals surface area contributed by atoms with Crippen LogP contribution in [0.2, 0.25) is 0 Å². The largest absolute Gasteiger partial charge is 0.352 e. The van der Waals surface area contributed by atoms with Crippen LogP contribution in [0.25, 0.3) is 22.5 Å². The van der Waals surface area contributed by atoms with Gasteiger partial charge in [-0.15, -0.1) is 11.3 Å². The Hall–Kier alpha value is -3.58. The van der Waals surface area contributed by atoms with Gasteiger partial charge < -0.3 is 10.6 Å². The molecule has 2 N–H and O–H groups in total. The monoisotopic (exact) mass is 415 g/mol. The number of hydrogen-bond donors (Lipinski definition) is 2. The van der Waals surface area contributed by atoms with Crippen LogP contribution in [0.4, 0.5) is 10.9 Å². The molecule has 0 bridgehead atoms. The van der Waals surface area contributed by atoms with Crippen molar-refractivity contribution in [1.29, 1.82) is 0 Å². The molecule has 0 saturated heterocycles. The van der Waals surface area contributed by atoms with Crippen molar-refractivity contribution in [2.24, 2.45) is 0 Å². The number of hydrogen-bond acceptors (Lipinski definition) is 6. The molecule has 1 amide bonds. The molecule has 0 saturated carbocycles. The van der Waals surface area contributed by atoms with E-state index in [1.165, 1.54) is 18.3 Å². The molecular weight excluding hydrogens is 394 g/mol. The van der Waals surface area contributed by atoms with Crippen molar-refractivity contribution in [2.75, 3.05) is 5.32 Å². The van der Waals surface area contributed by atoms with Gasteiger partial charge in [-0.25, -0.2) is 15.0 Å². The molecule has 0 aliphatic heterocycles. The van der Waals surface area contributed by atoms with Crippen LogP contribution < -0.4 is 10.6 Å². The molecule has 2 aromatic heterocycles. The van der Waals surface area contributed by atoms with Gasteiger partial charge in [0.2, 0.25) is 5.91 Å². The first-order chi connectivity index (χ1) is 14.6. The molecule has 0 aliphatic rings. The maximum absolute atomic E-state index is 11.0. The van der Waals surface area contributed by atoms with Crippen LogP contribution in [-0.2, 0) is 11.3 Å². The van der Waals surface area contributed by atoms with Gasteiger partial charge in [0, 0.05) is 36.0 Å². The van der Waals surface area contributed by atoms with Crippen LogP contribution in [0.3, 0.4) is 0 Å². The predicted molar refractivity (Wildman–Crippen MR) is 121 cm³/mol. The number of carbonyl (C=O) groups excluding carboxylic acids is 1. The maximum Gasteiger partial charge on any atom is 0.217 e. The molecule has 0 atom stereocenters. The van der Waals surface area contributed by atoms with Crippen molar-refractivity contribution >= 4 is 28.2 Å². The average Bonchev–Trinajstić information content (AvgIpc) is 3.21. The molecule has 150 valence electrons. The van der Waals surface area contributed by atoms with Gasteiger partial charge in [0.15, 0.2) is 5.13 Å². The molecular formula is C23H21N5OS. The number of anilines is 2. The third-order valence-electron chi connectivity index (χ3n) is 4.44. The molecule has 0 radical (unpaired) electrons. The molecule has 4 rings (SSSR count). The van der Waals surface area contributed by atoms with E-state index in [1.54, 1.807) is 0 Å². The number of thiazole rings is 1. The van der Waals surface area contributed by atoms with Gasteiger partial charge in [-0.05, 0) is 12.5 Å². The van der Waals surface area contributed by atoms with Crippen LogP contribution in [0.5, 0.6) is 0 Å². The summed E-state index contributed by atoms with van der Waals surface area (Å²) in [6.45, 7) is 3.92. The molecule has 0 fully saturated rings. The van der Waals surface area contributed by atoms with Crippen molar-refractivity contribution < 1.29 is 4.79 Å². The number of carbonyl (C=O) groups is 1. The fraction of sp³-hybridized carbons (Fsp3) is 0.130. The first-order valence-corrected chi connectivity index (χ1v) is 10.4. The van der Waals surface area contributed by atoms with Crippen molar-refractivity contribution in [3.8, 4) is 22.5 Å². The minimum absolute atomic E-state index is 0.0373. The van der Waals surface area contributed by atoms with Gasteiger partial charge in [0.1, 0.15) is 11.6 Å². The number of benzene rings is 2. The van der Waals surface area contributed by atoms with Crippen LogP contribution in [0.1, 0.15) is 18.3 Å². The summed E-state index contributed by atoms with van der Waals surface area (Å²) in [7, 11) is 0. The highest BCUT2D eigenvalue weighted by atomic mass is 32.1. The van der Waals surface area contributed by atoms with E-state index in [0.29, 0.717) is 18.2 Å². The van der Waals surface area contributed by atoms with E-state index in [2.05, 4.69) is 25.6 Å². The zero-order valence-corrected chi connectivity index (χ0v) is 17.5. The van der Waals surface area contributed by atoms with Crippen molar-refractivity contribution in [3.05, 3.63) is 77.4 Å². The van der Waals surface area contributed by atoms with E-state index in [4.69, 9.17) is 0 Å². The van der Waals surface area contributed by atoms with E-state index in [0.717, 1.165) is 33.2 Å². The van der Waals surface area contributed by atoms with E-state index >= 15 is 0 Å². The lowest BCUT2D eigenvalue weighted by Gasteiger charge is -2.07. The summed E-state index contributed by atoms with van der Waals surface area (Å²) in [5, 5.41) is 8.88. The van der Waals surface area contributed by atoms with Crippen LogP contribution in [0, 0.1) is 6.92 Å². The minimum atomic E-state index is -0.0373. The van der Waals surface area contributed by atoms with Crippen molar-refractivity contribution in [2.45, 2.75) is 20.4 Å². The lowest BCUT2D eigenvalue weighted by atomic mass is 10.1. The number of nitrogens with zero attached hydrogens (tertiary/aromatic N) is 3. The van der Waals surface area contributed by atoms with Crippen molar-refractivity contribution in [3.63, 3.8) is 0 Å². The molecule has 4 aromatic rings. The summed E-state index contributed by atoms with van der Waals surface area (Å²) >= 11 is 1.53. The number of aromatic nitrogens is 3. The summed E-state index contributed by atoms with van der Waals surface area (Å²) in [6, 6.07) is 20.0. The third-order valence-corrected chi connectivity index (χ3v) is 5.20. The quantitative estimate of drug-likeness (QED) is 0.465. The Morgan fingerprint density at radius 2 is 1.67 bits per heavy atom. The van der Waals surface area contributed by atoms with E-state index < -0.39 is 0 Å². The zero-order valence-electron chi connectivity index (χ0n) is 16.7. The number of amides is 1. The Labute approximate surface area is 179 Å². The van der Waals surface area contributed by atoms with E-state index in [9.17, 15) is 4.79 Å². The summed E-state index contributed by atoms with van der Waals surface area (Å²) in [5.41, 5.74) is 4.88. The minimum Gasteiger partial charge on any atom is -0.352 e. The third kappa shape index (κ3) is 4.87. The van der Waals surface area contributed by atoms with Gasteiger partial charge in [-0.3, -0.25) is 4.79 Å². The summed E-state index contributed by atoms with van der Waals surface area (Å²) < 4.78 is 0. The number of nitrogens with one attached hydrogen (secondary N) is 2. The van der Waals surface area contributed by atoms with Gasteiger partial charge in [-0.1, -0.05) is 54.6 Å². The van der Waals surface area contributed by atoms with E-state index in [-0.39, 0.29) is 5.91 Å². The Kier molecular flexibility index (Phi) is 5.81. The van der Waals surface area contributed by atoms with Crippen LogP contribution in [-0.4, -0.2) is 20.9 Å². The van der Waals surface area contributed by atoms with Gasteiger partial charge in [0.05, 0.1) is 11.4 Å². The standard InChI is InChI=1S/C23H21N5OS/c1-15-25-20(18-6-4-3-5-7-18)12-22(26-15)28-23-27-21(14-30-23)19-10-8-17(9-11-19)13-24-16(2)29/h3-12,14H,13H2,1-2H3,(H,24,29)(H,25,26,27,28). The number of aryl methyl sites for hydroxylation is 1. The van der Waals surface area contributed by atoms with Gasteiger partial charge in [0.25, 0.3) is 0 Å². The second-order valence-corrected chi connectivity index (χ2v) is 7.68. The second-order valence-electron chi connectivity index (χ2n) is 6.82. The lowest BCUT2D eigenvalue weighted by molar-refractivity contribution is -0.119. The average molecular weight is 416 g/mol. The highest BCUT2D eigenvalue weighted by molar-refractivity contribution is 7.14. The predicted octanol–water partition coefficient (Wildman–Crippen LogP) is 4.96. The molecule has 30 heavy (non-hydrogen) atoms. The lowest BCUT2D eigenvalue weighted by Crippen LogP contribution is -2.18. The smallest absolute Gasteiger partial charge is 0.217 e. The topological polar surface area (TPSA) is 79.8 Å². The molecule has 2 aromatic carbocycles. The zero-order chi connectivity index (χ0) is 20.9. The SMILES string of the molecule is CC(=O)NCc1ccc(-c2csc(Nc3cc(-c4ccccc4)nc(C)n3)n2)cc1. The van der Waals surface area contributed by atoms with Crippen LogP contribution >= 0.6 is 11.3 Å². The maximum atomic E-state index is 11.0. The Morgan fingerprint density at radius 1 is 0.933 bits per heavy atom. The van der Waals surface area contributed by atoms with Gasteiger partial charge in [-0.2, -0.15) is 0 Å². The number of rotatable bonds is 6. The fourth-order valence-corrected chi connectivity index (χ4v) is 3.71. The molecule has 0 unspecified atom stereocenters. The Balaban J connectivity index is 1.50. The van der Waals surface area contributed by atoms with Crippen molar-refractivity contribution in [1.82, 2.24) is 20.3 Å². The molecule has 7 heteroatoms. The summed E-state index contributed by atoms with van der Waals surface area (Å²) in [4.78, 5) is 24.8.